The predicted molar refractivity (Wildman–Crippen MR) is 136 cm³/mol. The second-order valence-corrected chi connectivity index (χ2v) is 10.8. The molecule has 1 atom stereocenters. The van der Waals surface area contributed by atoms with Crippen molar-refractivity contribution in [1.29, 1.82) is 0 Å². The fraction of sp³-hybridized carbons (Fsp3) is 0.304. The van der Waals surface area contributed by atoms with Gasteiger partial charge in [0.15, 0.2) is 0 Å². The van der Waals surface area contributed by atoms with Gasteiger partial charge in [-0.05, 0) is 17.7 Å². The van der Waals surface area contributed by atoms with E-state index in [0.29, 0.717) is 35.1 Å². The standard InChI is InChI=1S/C23H23ClF3N3O7S2/c1-35-7-8-36-17-10-20(38-14-17)19(37-21-18(24)9-16(11-28-21)23(25,26)27)12-29-39(33,34)30(22(31)32)13-15-5-3-2-4-6-15/h2-6,9-11,14,19,29H,7-8,12-13H2,1H3,(H,31,32). The summed E-state index contributed by atoms with van der Waals surface area (Å²) in [5.41, 5.74) is -0.671. The van der Waals surface area contributed by atoms with Gasteiger partial charge in [-0.2, -0.15) is 30.6 Å². The van der Waals surface area contributed by atoms with E-state index in [0.717, 1.165) is 11.3 Å². The number of carbonyl (C=O) groups is 1. The van der Waals surface area contributed by atoms with Crippen LogP contribution in [0.2, 0.25) is 5.02 Å². The number of thiophene rings is 1. The van der Waals surface area contributed by atoms with Gasteiger partial charge in [-0.15, -0.1) is 11.3 Å². The minimum absolute atomic E-state index is 0.219. The Labute approximate surface area is 231 Å². The number of methoxy groups -OCH3 is 1. The largest absolute Gasteiger partial charge is 0.490 e. The number of nitrogens with zero attached hydrogens (tertiary/aromatic N) is 2. The topological polar surface area (TPSA) is 127 Å². The molecular weight excluding hydrogens is 587 g/mol. The zero-order chi connectivity index (χ0) is 28.6. The summed E-state index contributed by atoms with van der Waals surface area (Å²) in [6.07, 6.45) is -7.05. The molecule has 0 aliphatic carbocycles. The van der Waals surface area contributed by atoms with Crippen LogP contribution in [0.4, 0.5) is 18.0 Å². The molecule has 39 heavy (non-hydrogen) atoms. The van der Waals surface area contributed by atoms with Crippen LogP contribution in [0.25, 0.3) is 0 Å². The number of halogens is 4. The summed E-state index contributed by atoms with van der Waals surface area (Å²) in [4.78, 5) is 15.8. The van der Waals surface area contributed by atoms with Crippen LogP contribution in [-0.4, -0.2) is 55.8 Å². The molecule has 3 rings (SSSR count). The third kappa shape index (κ3) is 8.69. The second kappa shape index (κ2) is 13.3. The zero-order valence-electron chi connectivity index (χ0n) is 20.2. The van der Waals surface area contributed by atoms with Gasteiger partial charge < -0.3 is 19.3 Å². The Hall–Kier alpha value is -3.11. The Balaban J connectivity index is 1.85. The molecule has 0 aliphatic heterocycles. The number of benzene rings is 1. The first kappa shape index (κ1) is 30.4. The molecule has 1 unspecified atom stereocenters. The average Bonchev–Trinajstić information content (AvgIpc) is 3.34. The predicted octanol–water partition coefficient (Wildman–Crippen LogP) is 4.98. The highest BCUT2D eigenvalue weighted by molar-refractivity contribution is 7.87. The summed E-state index contributed by atoms with van der Waals surface area (Å²) >= 11 is 7.09. The Morgan fingerprint density at radius 2 is 1.95 bits per heavy atom. The van der Waals surface area contributed by atoms with Crippen molar-refractivity contribution >= 4 is 39.2 Å². The summed E-state index contributed by atoms with van der Waals surface area (Å²) in [5.74, 6) is 0.0229. The lowest BCUT2D eigenvalue weighted by Crippen LogP contribution is -2.44. The monoisotopic (exact) mass is 609 g/mol. The number of rotatable bonds is 13. The molecule has 2 N–H and O–H groups in total. The molecule has 2 aromatic heterocycles. The minimum Gasteiger partial charge on any atom is -0.490 e. The van der Waals surface area contributed by atoms with E-state index in [1.165, 1.54) is 13.2 Å². The van der Waals surface area contributed by atoms with Crippen LogP contribution in [0.15, 0.2) is 54.0 Å². The fourth-order valence-corrected chi connectivity index (χ4v) is 5.20. The number of hydrogen-bond donors (Lipinski definition) is 2. The van der Waals surface area contributed by atoms with Gasteiger partial charge in [0.25, 0.3) is 0 Å². The summed E-state index contributed by atoms with van der Waals surface area (Å²) < 4.78 is 83.5. The lowest BCUT2D eigenvalue weighted by atomic mass is 10.2. The van der Waals surface area contributed by atoms with Crippen molar-refractivity contribution in [3.8, 4) is 11.6 Å². The smallest absolute Gasteiger partial charge is 0.422 e. The van der Waals surface area contributed by atoms with Crippen LogP contribution in [0.1, 0.15) is 22.1 Å². The highest BCUT2D eigenvalue weighted by atomic mass is 35.5. The maximum Gasteiger partial charge on any atom is 0.422 e. The van der Waals surface area contributed by atoms with Crippen LogP contribution < -0.4 is 14.2 Å². The Kier molecular flexibility index (Phi) is 10.4. The van der Waals surface area contributed by atoms with Gasteiger partial charge >= 0.3 is 22.5 Å². The van der Waals surface area contributed by atoms with E-state index in [-0.39, 0.29) is 16.8 Å². The normalized spacial score (nSPS) is 12.6. The molecule has 212 valence electrons. The number of alkyl halides is 3. The molecule has 1 aromatic carbocycles. The van der Waals surface area contributed by atoms with E-state index in [2.05, 4.69) is 9.71 Å². The van der Waals surface area contributed by atoms with Crippen molar-refractivity contribution < 1.29 is 45.7 Å². The quantitative estimate of drug-likeness (QED) is 0.260. The van der Waals surface area contributed by atoms with Crippen LogP contribution in [0.3, 0.4) is 0 Å². The average molecular weight is 610 g/mol. The number of ether oxygens (including phenoxy) is 3. The summed E-state index contributed by atoms with van der Waals surface area (Å²) in [6.45, 7) is -0.440. The molecule has 0 fully saturated rings. The lowest BCUT2D eigenvalue weighted by Gasteiger charge is -2.23. The molecule has 16 heteroatoms. The zero-order valence-corrected chi connectivity index (χ0v) is 22.6. The number of carboxylic acid groups (broad SMARTS) is 1. The molecule has 1 amide bonds. The van der Waals surface area contributed by atoms with E-state index in [1.807, 2.05) is 0 Å². The van der Waals surface area contributed by atoms with Gasteiger partial charge in [0.1, 0.15) is 23.5 Å². The number of amides is 1. The first-order chi connectivity index (χ1) is 18.4. The molecule has 10 nitrogen and oxygen atoms in total. The van der Waals surface area contributed by atoms with Gasteiger partial charge in [-0.3, -0.25) is 0 Å². The first-order valence-corrected chi connectivity index (χ1v) is 13.7. The molecule has 0 aliphatic rings. The van der Waals surface area contributed by atoms with Gasteiger partial charge in [-0.25, -0.2) is 9.78 Å². The third-order valence-corrected chi connectivity index (χ3v) is 7.65. The molecule has 0 saturated carbocycles. The van der Waals surface area contributed by atoms with E-state index >= 15 is 0 Å². The van der Waals surface area contributed by atoms with Crippen molar-refractivity contribution in [2.45, 2.75) is 18.8 Å². The van der Waals surface area contributed by atoms with Crippen LogP contribution in [0, 0.1) is 0 Å². The number of nitrogens with one attached hydrogen (secondary N) is 1. The summed E-state index contributed by atoms with van der Waals surface area (Å²) in [7, 11) is -3.11. The first-order valence-electron chi connectivity index (χ1n) is 11.0. The highest BCUT2D eigenvalue weighted by Crippen LogP contribution is 2.36. The SMILES string of the molecule is COCCOc1csc(C(CNS(=O)(=O)N(Cc2ccccc2)C(=O)O)Oc2ncc(C(F)(F)F)cc2Cl)c1. The molecule has 0 bridgehead atoms. The second-order valence-electron chi connectivity index (χ2n) is 7.77. The van der Waals surface area contributed by atoms with Gasteiger partial charge in [0.2, 0.25) is 5.88 Å². The Morgan fingerprint density at radius 1 is 1.23 bits per heavy atom. The van der Waals surface area contributed by atoms with E-state index in [4.69, 9.17) is 25.8 Å². The fourth-order valence-electron chi connectivity index (χ4n) is 3.09. The van der Waals surface area contributed by atoms with Crippen LogP contribution in [0.5, 0.6) is 11.6 Å². The lowest BCUT2D eigenvalue weighted by molar-refractivity contribution is -0.137. The van der Waals surface area contributed by atoms with Gasteiger partial charge in [0, 0.05) is 18.7 Å². The Bertz CT molecular complexity index is 1360. The van der Waals surface area contributed by atoms with Crippen molar-refractivity contribution in [2.24, 2.45) is 0 Å². The van der Waals surface area contributed by atoms with Crippen molar-refractivity contribution in [3.63, 3.8) is 0 Å². The number of pyridine rings is 1. The van der Waals surface area contributed by atoms with E-state index in [1.54, 1.807) is 35.7 Å². The molecule has 0 radical (unpaired) electrons. The molecule has 0 saturated heterocycles. The van der Waals surface area contributed by atoms with Gasteiger partial charge in [0.05, 0.1) is 30.1 Å². The number of hydrogen-bond acceptors (Lipinski definition) is 8. The third-order valence-electron chi connectivity index (χ3n) is 4.98. The maximum absolute atomic E-state index is 13.0. The molecule has 0 spiro atoms. The Morgan fingerprint density at radius 3 is 2.56 bits per heavy atom. The summed E-state index contributed by atoms with van der Waals surface area (Å²) in [6, 6.07) is 10.2. The van der Waals surface area contributed by atoms with Crippen LogP contribution in [-0.2, 0) is 27.7 Å². The van der Waals surface area contributed by atoms with E-state index in [9.17, 15) is 31.5 Å². The number of aromatic nitrogens is 1. The van der Waals surface area contributed by atoms with Crippen molar-refractivity contribution in [1.82, 2.24) is 14.0 Å². The highest BCUT2D eigenvalue weighted by Gasteiger charge is 2.33. The molecule has 3 aromatic rings. The maximum atomic E-state index is 13.0. The van der Waals surface area contributed by atoms with Crippen molar-refractivity contribution in [2.75, 3.05) is 26.9 Å². The minimum atomic E-state index is -4.69. The van der Waals surface area contributed by atoms with E-state index < -0.39 is 52.3 Å². The molecular formula is C23H23ClF3N3O7S2. The molecule has 2 heterocycles. The van der Waals surface area contributed by atoms with Crippen molar-refractivity contribution in [3.05, 3.63) is 75.1 Å². The van der Waals surface area contributed by atoms with Gasteiger partial charge in [-0.1, -0.05) is 41.9 Å². The van der Waals surface area contributed by atoms with Crippen LogP contribution >= 0.6 is 22.9 Å². The summed E-state index contributed by atoms with van der Waals surface area (Å²) in [5, 5.41) is 10.7.